The minimum Gasteiger partial charge on any atom is -0.494 e. The molecule has 11 nitrogen and oxygen atoms in total. The largest absolute Gasteiger partial charge is 0.494 e. The molecule has 40 heavy (non-hydrogen) atoms. The van der Waals surface area contributed by atoms with Crippen molar-refractivity contribution in [3.8, 4) is 28.3 Å². The topological polar surface area (TPSA) is 168 Å². The van der Waals surface area contributed by atoms with Crippen molar-refractivity contribution in [1.82, 2.24) is 19.9 Å². The van der Waals surface area contributed by atoms with Crippen LogP contribution in [0, 0.1) is 11.6 Å². The summed E-state index contributed by atoms with van der Waals surface area (Å²) in [5, 5.41) is 0.273. The molecule has 4 aromatic rings. The lowest BCUT2D eigenvalue weighted by Gasteiger charge is -2.15. The van der Waals surface area contributed by atoms with Gasteiger partial charge in [-0.05, 0) is 50.1 Å². The van der Waals surface area contributed by atoms with Crippen molar-refractivity contribution in [3.63, 3.8) is 0 Å². The number of nitrogens with two attached hydrogens (primary N) is 2. The molecule has 0 amide bonds. The van der Waals surface area contributed by atoms with Crippen molar-refractivity contribution in [1.29, 1.82) is 0 Å². The number of ether oxygens (including phenoxy) is 2. The van der Waals surface area contributed by atoms with Gasteiger partial charge in [-0.3, -0.25) is 4.72 Å². The van der Waals surface area contributed by atoms with Crippen LogP contribution in [-0.4, -0.2) is 54.4 Å². The number of fused-ring (bicyclic) bond motifs is 1. The number of hydrogen-bond donors (Lipinski definition) is 3. The fourth-order valence-corrected chi connectivity index (χ4v) is 4.83. The summed E-state index contributed by atoms with van der Waals surface area (Å²) in [5.41, 5.74) is 11.6. The molecule has 2 heterocycles. The summed E-state index contributed by atoms with van der Waals surface area (Å²) in [6, 6.07) is 4.78. The van der Waals surface area contributed by atoms with Gasteiger partial charge < -0.3 is 20.9 Å². The van der Waals surface area contributed by atoms with Gasteiger partial charge in [0.15, 0.2) is 11.6 Å². The van der Waals surface area contributed by atoms with Crippen molar-refractivity contribution in [2.24, 2.45) is 0 Å². The molecule has 0 aliphatic rings. The highest BCUT2D eigenvalue weighted by molar-refractivity contribution is 7.92. The molecule has 0 unspecified atom stereocenters. The molecule has 0 fully saturated rings. The van der Waals surface area contributed by atoms with Gasteiger partial charge in [-0.1, -0.05) is 6.92 Å². The Labute approximate surface area is 231 Å². The van der Waals surface area contributed by atoms with Crippen LogP contribution in [0.25, 0.3) is 33.4 Å². The molecule has 14 heteroatoms. The third-order valence-electron chi connectivity index (χ3n) is 5.47. The molecule has 4 rings (SSSR count). The van der Waals surface area contributed by atoms with E-state index in [1.807, 2.05) is 13.8 Å². The summed E-state index contributed by atoms with van der Waals surface area (Å²) >= 11 is 0. The zero-order chi connectivity index (χ0) is 29.4. The fraction of sp³-hybridized carbons (Fsp3) is 0.308. The van der Waals surface area contributed by atoms with Crippen LogP contribution in [0.1, 0.15) is 27.2 Å². The predicted octanol–water partition coefficient (Wildman–Crippen LogP) is 4.40. The van der Waals surface area contributed by atoms with Crippen LogP contribution in [0.15, 0.2) is 36.7 Å². The first-order chi connectivity index (χ1) is 19.0. The van der Waals surface area contributed by atoms with Crippen molar-refractivity contribution >= 4 is 38.4 Å². The van der Waals surface area contributed by atoms with Crippen molar-refractivity contribution in [3.05, 3.63) is 48.3 Å². The molecule has 0 spiro atoms. The molecule has 0 aliphatic heterocycles. The number of hydrogen-bond acceptors (Lipinski definition) is 10. The molecule has 0 saturated carbocycles. The highest BCUT2D eigenvalue weighted by Crippen LogP contribution is 2.38. The van der Waals surface area contributed by atoms with Crippen molar-refractivity contribution in [2.45, 2.75) is 27.2 Å². The number of methoxy groups -OCH3 is 1. The lowest BCUT2D eigenvalue weighted by atomic mass is 10.0. The summed E-state index contributed by atoms with van der Waals surface area (Å²) < 4.78 is 66.8. The van der Waals surface area contributed by atoms with Gasteiger partial charge in [0.2, 0.25) is 16.0 Å². The van der Waals surface area contributed by atoms with Gasteiger partial charge in [-0.25, -0.2) is 37.1 Å². The van der Waals surface area contributed by atoms with Gasteiger partial charge in [-0.15, -0.1) is 0 Å². The first-order valence-electron chi connectivity index (χ1n) is 12.3. The van der Waals surface area contributed by atoms with E-state index in [-0.39, 0.29) is 51.2 Å². The maximum Gasteiger partial charge on any atom is 0.232 e. The number of nitrogen functional groups attached to an aromatic ring is 2. The van der Waals surface area contributed by atoms with Gasteiger partial charge in [0.25, 0.3) is 0 Å². The zero-order valence-electron chi connectivity index (χ0n) is 22.5. The molecule has 5 N–H and O–H groups in total. The highest BCUT2D eigenvalue weighted by atomic mass is 32.2. The van der Waals surface area contributed by atoms with Gasteiger partial charge >= 0.3 is 0 Å². The Balaban J connectivity index is 0.000000810. The van der Waals surface area contributed by atoms with E-state index in [9.17, 15) is 12.8 Å². The number of halogens is 2. The van der Waals surface area contributed by atoms with Crippen LogP contribution in [0.5, 0.6) is 5.75 Å². The van der Waals surface area contributed by atoms with Crippen LogP contribution in [0.4, 0.5) is 26.2 Å². The Kier molecular flexibility index (Phi) is 10.1. The fourth-order valence-electron chi connectivity index (χ4n) is 3.69. The second kappa shape index (κ2) is 13.3. The second-order valence-corrected chi connectivity index (χ2v) is 10.2. The van der Waals surface area contributed by atoms with Gasteiger partial charge in [0.05, 0.1) is 29.7 Å². The van der Waals surface area contributed by atoms with E-state index in [4.69, 9.17) is 20.9 Å². The number of anilines is 3. The van der Waals surface area contributed by atoms with Crippen molar-refractivity contribution in [2.75, 3.05) is 42.3 Å². The molecular formula is C26H31F2N7O4S. The number of nitrogens with zero attached hydrogens (tertiary/aromatic N) is 4. The second-order valence-electron chi connectivity index (χ2n) is 8.32. The maximum absolute atomic E-state index is 15.3. The van der Waals surface area contributed by atoms with E-state index in [2.05, 4.69) is 24.7 Å². The van der Waals surface area contributed by atoms with Crippen LogP contribution in [0.3, 0.4) is 0 Å². The average molecular weight is 576 g/mol. The van der Waals surface area contributed by atoms with E-state index < -0.39 is 27.2 Å². The number of sulfonamides is 1. The molecule has 0 atom stereocenters. The maximum atomic E-state index is 15.3. The average Bonchev–Trinajstić information content (AvgIpc) is 2.91. The minimum atomic E-state index is -3.80. The summed E-state index contributed by atoms with van der Waals surface area (Å²) in [7, 11) is -2.44. The molecule has 2 aromatic carbocycles. The standard InChI is InChI=1S/C22H21F2N7O3S.C4H10O/c1-3-6-35(32,33)31-15-5-4-14(23)17(18(15)24)11-7-13-19(16(8-11)34-2)29-21(30-20(13)25)12-9-27-22(26)28-10-12;1-3-5-4-2/h4-5,7-10,31H,3,6H2,1-2H3,(H2,25,29,30)(H2,26,27,28);3-4H2,1-2H3. The number of nitrogens with one attached hydrogen (secondary N) is 1. The first-order valence-corrected chi connectivity index (χ1v) is 14.0. The SMILES string of the molecule is CCCS(=O)(=O)Nc1ccc(F)c(-c2cc(OC)c3nc(-c4cnc(N)nc4)nc(N)c3c2)c1F.CCOCC. The first kappa shape index (κ1) is 30.4. The highest BCUT2D eigenvalue weighted by Gasteiger charge is 2.22. The number of benzene rings is 2. The summed E-state index contributed by atoms with van der Waals surface area (Å²) in [6.45, 7) is 7.34. The number of aromatic nitrogens is 4. The van der Waals surface area contributed by atoms with E-state index in [0.29, 0.717) is 12.0 Å². The molecule has 214 valence electrons. The molecular weight excluding hydrogens is 544 g/mol. The van der Waals surface area contributed by atoms with E-state index in [1.54, 1.807) is 6.92 Å². The quantitative estimate of drug-likeness (QED) is 0.260. The van der Waals surface area contributed by atoms with Crippen LogP contribution in [-0.2, 0) is 14.8 Å². The van der Waals surface area contributed by atoms with E-state index in [0.717, 1.165) is 25.3 Å². The van der Waals surface area contributed by atoms with E-state index >= 15 is 4.39 Å². The van der Waals surface area contributed by atoms with Crippen LogP contribution >= 0.6 is 0 Å². The number of rotatable bonds is 9. The molecule has 0 aliphatic carbocycles. The molecule has 0 radical (unpaired) electrons. The molecule has 2 aromatic heterocycles. The van der Waals surface area contributed by atoms with Crippen LogP contribution < -0.4 is 20.9 Å². The van der Waals surface area contributed by atoms with Gasteiger partial charge in [0, 0.05) is 31.0 Å². The summed E-state index contributed by atoms with van der Waals surface area (Å²) in [5.74, 6) is -1.74. The molecule has 0 saturated heterocycles. The smallest absolute Gasteiger partial charge is 0.232 e. The third-order valence-corrected chi connectivity index (χ3v) is 6.95. The monoisotopic (exact) mass is 575 g/mol. The molecule has 0 bridgehead atoms. The van der Waals surface area contributed by atoms with Crippen LogP contribution in [0.2, 0.25) is 0 Å². The van der Waals surface area contributed by atoms with Crippen molar-refractivity contribution < 1.29 is 26.7 Å². The normalized spacial score (nSPS) is 11.2. The Morgan fingerprint density at radius 3 is 2.23 bits per heavy atom. The summed E-state index contributed by atoms with van der Waals surface area (Å²) in [6.07, 6.45) is 3.19. The predicted molar refractivity (Wildman–Crippen MR) is 151 cm³/mol. The lowest BCUT2D eigenvalue weighted by molar-refractivity contribution is 0.162. The third kappa shape index (κ3) is 7.07. The Bertz CT molecular complexity index is 1590. The van der Waals surface area contributed by atoms with Gasteiger partial charge in [-0.2, -0.15) is 0 Å². The van der Waals surface area contributed by atoms with Gasteiger partial charge in [0.1, 0.15) is 22.9 Å². The lowest BCUT2D eigenvalue weighted by Crippen LogP contribution is -2.17. The minimum absolute atomic E-state index is 0.0163. The Morgan fingerprint density at radius 2 is 1.65 bits per heavy atom. The zero-order valence-corrected chi connectivity index (χ0v) is 23.3. The summed E-state index contributed by atoms with van der Waals surface area (Å²) in [4.78, 5) is 16.5. The Morgan fingerprint density at radius 1 is 0.975 bits per heavy atom. The van der Waals surface area contributed by atoms with E-state index in [1.165, 1.54) is 31.6 Å². The Hall–Kier alpha value is -4.17.